The molecular weight excluding hydrogens is 216 g/mol. The first-order chi connectivity index (χ1) is 8.19. The number of carbonyl (C=O) groups is 1. The maximum Gasteiger partial charge on any atom is 0.239 e. The van der Waals surface area contributed by atoms with E-state index in [9.17, 15) is 4.79 Å². The zero-order valence-electron chi connectivity index (χ0n) is 10.0. The van der Waals surface area contributed by atoms with Crippen LogP contribution in [0.1, 0.15) is 18.5 Å². The molecule has 0 aliphatic heterocycles. The summed E-state index contributed by atoms with van der Waals surface area (Å²) >= 11 is 0. The van der Waals surface area contributed by atoms with Gasteiger partial charge in [0, 0.05) is 31.5 Å². The number of aromatic nitrogens is 1. The molecule has 1 aromatic heterocycles. The maximum absolute atomic E-state index is 11.6. The van der Waals surface area contributed by atoms with E-state index in [2.05, 4.69) is 10.3 Å². The number of anilines is 1. The number of hydrogen-bond donors (Lipinski definition) is 2. The molecule has 0 bridgehead atoms. The van der Waals surface area contributed by atoms with Crippen molar-refractivity contribution in [2.45, 2.75) is 25.4 Å². The van der Waals surface area contributed by atoms with E-state index in [0.717, 1.165) is 24.2 Å². The molecule has 0 aromatic carbocycles. The van der Waals surface area contributed by atoms with Gasteiger partial charge >= 0.3 is 0 Å². The van der Waals surface area contributed by atoms with Gasteiger partial charge in [-0.3, -0.25) is 9.78 Å². The molecule has 0 spiro atoms. The smallest absolute Gasteiger partial charge is 0.239 e. The summed E-state index contributed by atoms with van der Waals surface area (Å²) in [7, 11) is 1.89. The number of pyridine rings is 1. The zero-order chi connectivity index (χ0) is 12.3. The summed E-state index contributed by atoms with van der Waals surface area (Å²) in [5.41, 5.74) is 7.33. The molecule has 5 heteroatoms. The summed E-state index contributed by atoms with van der Waals surface area (Å²) in [5.74, 6) is 0.0705. The van der Waals surface area contributed by atoms with Crippen LogP contribution < -0.4 is 16.0 Å². The predicted octanol–water partition coefficient (Wildman–Crippen LogP) is 0.255. The number of amides is 1. The quantitative estimate of drug-likeness (QED) is 0.766. The zero-order valence-corrected chi connectivity index (χ0v) is 10.0. The Morgan fingerprint density at radius 2 is 2.41 bits per heavy atom. The molecular formula is C12H18N4O. The first kappa shape index (κ1) is 11.9. The fourth-order valence-electron chi connectivity index (χ4n) is 1.62. The van der Waals surface area contributed by atoms with Gasteiger partial charge in [-0.05, 0) is 25.0 Å². The lowest BCUT2D eigenvalue weighted by molar-refractivity contribution is -0.119. The molecule has 1 heterocycles. The van der Waals surface area contributed by atoms with E-state index in [1.807, 2.05) is 24.1 Å². The second kappa shape index (κ2) is 5.14. The molecule has 1 aliphatic carbocycles. The summed E-state index contributed by atoms with van der Waals surface area (Å²) in [6, 6.07) is 4.20. The first-order valence-electron chi connectivity index (χ1n) is 5.84. The van der Waals surface area contributed by atoms with Crippen molar-refractivity contribution in [2.24, 2.45) is 5.73 Å². The molecule has 3 N–H and O–H groups in total. The van der Waals surface area contributed by atoms with Crippen molar-refractivity contribution >= 4 is 11.6 Å². The molecule has 0 saturated heterocycles. The SMILES string of the molecule is CN(CC(=O)NC1CC1)c1ccnc(CN)c1. The second-order valence-electron chi connectivity index (χ2n) is 4.41. The minimum Gasteiger partial charge on any atom is -0.365 e. The summed E-state index contributed by atoms with van der Waals surface area (Å²) in [6.45, 7) is 0.778. The van der Waals surface area contributed by atoms with Crippen LogP contribution >= 0.6 is 0 Å². The highest BCUT2D eigenvalue weighted by Crippen LogP contribution is 2.18. The molecule has 1 aromatic rings. The van der Waals surface area contributed by atoms with Crippen LogP contribution in [0.5, 0.6) is 0 Å². The van der Waals surface area contributed by atoms with E-state index in [1.165, 1.54) is 0 Å². The van der Waals surface area contributed by atoms with E-state index in [1.54, 1.807) is 6.20 Å². The molecule has 1 aliphatic rings. The Bertz CT molecular complexity index is 403. The van der Waals surface area contributed by atoms with Crippen LogP contribution in [0.25, 0.3) is 0 Å². The van der Waals surface area contributed by atoms with Crippen LogP contribution in [-0.2, 0) is 11.3 Å². The number of nitrogens with one attached hydrogen (secondary N) is 1. The topological polar surface area (TPSA) is 71.2 Å². The van der Waals surface area contributed by atoms with Crippen molar-refractivity contribution in [3.8, 4) is 0 Å². The predicted molar refractivity (Wildman–Crippen MR) is 66.6 cm³/mol. The number of rotatable bonds is 5. The van der Waals surface area contributed by atoms with E-state index < -0.39 is 0 Å². The molecule has 1 fully saturated rings. The minimum atomic E-state index is 0.0705. The highest BCUT2D eigenvalue weighted by molar-refractivity contribution is 5.81. The molecule has 1 saturated carbocycles. The molecule has 0 atom stereocenters. The Kier molecular flexibility index (Phi) is 3.58. The fraction of sp³-hybridized carbons (Fsp3) is 0.500. The molecule has 0 radical (unpaired) electrons. The van der Waals surface area contributed by atoms with Gasteiger partial charge in [0.05, 0.1) is 12.2 Å². The van der Waals surface area contributed by atoms with Crippen LogP contribution in [0.3, 0.4) is 0 Å². The van der Waals surface area contributed by atoms with Gasteiger partial charge in [-0.25, -0.2) is 0 Å². The Morgan fingerprint density at radius 1 is 1.65 bits per heavy atom. The summed E-state index contributed by atoms with van der Waals surface area (Å²) in [5, 5.41) is 2.96. The lowest BCUT2D eigenvalue weighted by atomic mass is 10.3. The Hall–Kier alpha value is -1.62. The van der Waals surface area contributed by atoms with E-state index in [0.29, 0.717) is 19.1 Å². The van der Waals surface area contributed by atoms with E-state index in [-0.39, 0.29) is 5.91 Å². The van der Waals surface area contributed by atoms with Crippen molar-refractivity contribution < 1.29 is 4.79 Å². The van der Waals surface area contributed by atoms with Gasteiger partial charge in [0.1, 0.15) is 0 Å². The van der Waals surface area contributed by atoms with Crippen LogP contribution in [0.2, 0.25) is 0 Å². The van der Waals surface area contributed by atoms with Gasteiger partial charge in [-0.2, -0.15) is 0 Å². The summed E-state index contributed by atoms with van der Waals surface area (Å²) in [4.78, 5) is 17.7. The third kappa shape index (κ3) is 3.42. The van der Waals surface area contributed by atoms with Crippen LogP contribution in [0.4, 0.5) is 5.69 Å². The van der Waals surface area contributed by atoms with E-state index in [4.69, 9.17) is 5.73 Å². The Labute approximate surface area is 101 Å². The van der Waals surface area contributed by atoms with Crippen molar-refractivity contribution in [3.05, 3.63) is 24.0 Å². The largest absolute Gasteiger partial charge is 0.365 e. The van der Waals surface area contributed by atoms with E-state index >= 15 is 0 Å². The first-order valence-corrected chi connectivity index (χ1v) is 5.84. The lowest BCUT2D eigenvalue weighted by Gasteiger charge is -2.19. The molecule has 1 amide bonds. The van der Waals surface area contributed by atoms with Crippen molar-refractivity contribution in [2.75, 3.05) is 18.5 Å². The summed E-state index contributed by atoms with van der Waals surface area (Å²) in [6.07, 6.45) is 3.94. The number of nitrogens with two attached hydrogens (primary N) is 1. The number of nitrogens with zero attached hydrogens (tertiary/aromatic N) is 2. The average Bonchev–Trinajstić information content (AvgIpc) is 3.12. The van der Waals surface area contributed by atoms with Crippen LogP contribution in [-0.4, -0.2) is 30.5 Å². The van der Waals surface area contributed by atoms with Gasteiger partial charge in [0.15, 0.2) is 0 Å². The fourth-order valence-corrected chi connectivity index (χ4v) is 1.62. The standard InChI is InChI=1S/C12H18N4O/c1-16(8-12(17)15-9-2-3-9)11-4-5-14-10(6-11)7-13/h4-6,9H,2-3,7-8,13H2,1H3,(H,15,17). The molecule has 17 heavy (non-hydrogen) atoms. The van der Waals surface area contributed by atoms with Gasteiger partial charge in [0.25, 0.3) is 0 Å². The molecule has 2 rings (SSSR count). The minimum absolute atomic E-state index is 0.0705. The van der Waals surface area contributed by atoms with Crippen molar-refractivity contribution in [1.29, 1.82) is 0 Å². The monoisotopic (exact) mass is 234 g/mol. The van der Waals surface area contributed by atoms with Crippen LogP contribution in [0.15, 0.2) is 18.3 Å². The third-order valence-electron chi connectivity index (χ3n) is 2.77. The Balaban J connectivity index is 1.92. The number of hydrogen-bond acceptors (Lipinski definition) is 4. The normalized spacial score (nSPS) is 14.5. The highest BCUT2D eigenvalue weighted by atomic mass is 16.2. The van der Waals surface area contributed by atoms with Gasteiger partial charge in [-0.1, -0.05) is 0 Å². The Morgan fingerprint density at radius 3 is 3.06 bits per heavy atom. The molecule has 0 unspecified atom stereocenters. The third-order valence-corrected chi connectivity index (χ3v) is 2.77. The second-order valence-corrected chi connectivity index (χ2v) is 4.41. The number of likely N-dealkylation sites (N-methyl/N-ethyl adjacent to an activating group) is 1. The number of carbonyl (C=O) groups excluding carboxylic acids is 1. The van der Waals surface area contributed by atoms with Crippen molar-refractivity contribution in [3.63, 3.8) is 0 Å². The van der Waals surface area contributed by atoms with Gasteiger partial charge in [0.2, 0.25) is 5.91 Å². The van der Waals surface area contributed by atoms with Crippen molar-refractivity contribution in [1.82, 2.24) is 10.3 Å². The van der Waals surface area contributed by atoms with Gasteiger partial charge < -0.3 is 16.0 Å². The maximum atomic E-state index is 11.6. The van der Waals surface area contributed by atoms with Gasteiger partial charge in [-0.15, -0.1) is 0 Å². The highest BCUT2D eigenvalue weighted by Gasteiger charge is 2.23. The lowest BCUT2D eigenvalue weighted by Crippen LogP contribution is -2.36. The molecule has 5 nitrogen and oxygen atoms in total. The summed E-state index contributed by atoms with van der Waals surface area (Å²) < 4.78 is 0. The average molecular weight is 234 g/mol. The molecule has 92 valence electrons. The van der Waals surface area contributed by atoms with Crippen LogP contribution in [0, 0.1) is 0 Å².